The van der Waals surface area contributed by atoms with Crippen LogP contribution in [-0.2, 0) is 4.79 Å². The van der Waals surface area contributed by atoms with Crippen molar-refractivity contribution in [3.8, 4) is 0 Å². The monoisotopic (exact) mass is 367 g/mol. The van der Waals surface area contributed by atoms with Crippen LogP contribution in [0.2, 0.25) is 0 Å². The van der Waals surface area contributed by atoms with E-state index < -0.39 is 6.04 Å². The molecule has 0 heterocycles. The Morgan fingerprint density at radius 2 is 1.56 bits per heavy atom. The molecule has 27 heavy (non-hydrogen) atoms. The zero-order valence-electron chi connectivity index (χ0n) is 16.3. The predicted octanol–water partition coefficient (Wildman–Crippen LogP) is 3.08. The Balaban J connectivity index is 1.80. The minimum Gasteiger partial charge on any atom is -0.375 e. The Labute approximate surface area is 161 Å². The van der Waals surface area contributed by atoms with Gasteiger partial charge in [0.25, 0.3) is 5.91 Å². The molecule has 0 aliphatic rings. The largest absolute Gasteiger partial charge is 0.375 e. The number of carbonyl (C=O) groups excluding carboxylic acids is 2. The fourth-order valence-electron chi connectivity index (χ4n) is 2.80. The van der Waals surface area contributed by atoms with E-state index in [1.807, 2.05) is 57.3 Å². The Morgan fingerprint density at radius 1 is 0.963 bits per heavy atom. The van der Waals surface area contributed by atoms with E-state index in [9.17, 15) is 9.59 Å². The van der Waals surface area contributed by atoms with Gasteiger partial charge in [0.2, 0.25) is 5.91 Å². The van der Waals surface area contributed by atoms with Crippen molar-refractivity contribution in [2.75, 3.05) is 25.0 Å². The van der Waals surface area contributed by atoms with Gasteiger partial charge in [-0.25, -0.2) is 0 Å². The smallest absolute Gasteiger partial charge is 0.251 e. The molecule has 1 atom stereocenters. The summed E-state index contributed by atoms with van der Waals surface area (Å²) in [7, 11) is 2.04. The second kappa shape index (κ2) is 10.4. The van der Waals surface area contributed by atoms with E-state index in [0.29, 0.717) is 12.1 Å². The molecule has 0 aliphatic heterocycles. The van der Waals surface area contributed by atoms with Crippen LogP contribution >= 0.6 is 0 Å². The van der Waals surface area contributed by atoms with E-state index in [0.717, 1.165) is 18.7 Å². The number of hydrogen-bond donors (Lipinski definition) is 2. The van der Waals surface area contributed by atoms with Gasteiger partial charge in [-0.05, 0) is 36.6 Å². The van der Waals surface area contributed by atoms with Crippen LogP contribution in [0.3, 0.4) is 0 Å². The number of amides is 2. The van der Waals surface area contributed by atoms with Gasteiger partial charge < -0.3 is 15.5 Å². The van der Waals surface area contributed by atoms with Gasteiger partial charge in [0.1, 0.15) is 6.04 Å². The molecule has 144 valence electrons. The fraction of sp³-hybridized carbons (Fsp3) is 0.364. The van der Waals surface area contributed by atoms with Crippen molar-refractivity contribution in [1.82, 2.24) is 10.6 Å². The second-order valence-electron chi connectivity index (χ2n) is 6.96. The molecule has 0 bridgehead atoms. The minimum atomic E-state index is -0.551. The number of benzene rings is 2. The molecule has 0 fully saturated rings. The summed E-state index contributed by atoms with van der Waals surface area (Å²) in [5.41, 5.74) is 1.71. The number of hydrogen-bond acceptors (Lipinski definition) is 3. The number of anilines is 1. The third kappa shape index (κ3) is 6.44. The van der Waals surface area contributed by atoms with Crippen molar-refractivity contribution in [1.29, 1.82) is 0 Å². The summed E-state index contributed by atoms with van der Waals surface area (Å²) in [6.45, 7) is 5.27. The zero-order valence-corrected chi connectivity index (χ0v) is 16.3. The first-order valence-corrected chi connectivity index (χ1v) is 9.39. The molecule has 0 saturated heterocycles. The van der Waals surface area contributed by atoms with Crippen LogP contribution in [0.15, 0.2) is 60.7 Å². The predicted molar refractivity (Wildman–Crippen MR) is 110 cm³/mol. The third-order valence-electron chi connectivity index (χ3n) is 4.44. The summed E-state index contributed by atoms with van der Waals surface area (Å²) in [6, 6.07) is 18.5. The van der Waals surface area contributed by atoms with Crippen LogP contribution in [-0.4, -0.2) is 38.0 Å². The van der Waals surface area contributed by atoms with Gasteiger partial charge in [0.05, 0.1) is 0 Å². The second-order valence-corrected chi connectivity index (χ2v) is 6.96. The zero-order chi connectivity index (χ0) is 19.6. The minimum absolute atomic E-state index is 0.00431. The molecule has 2 amide bonds. The van der Waals surface area contributed by atoms with Gasteiger partial charge in [-0.2, -0.15) is 0 Å². The van der Waals surface area contributed by atoms with Crippen molar-refractivity contribution in [2.24, 2.45) is 5.92 Å². The number of carbonyl (C=O) groups is 2. The van der Waals surface area contributed by atoms with Crippen LogP contribution in [0.1, 0.15) is 30.6 Å². The molecule has 0 radical (unpaired) electrons. The van der Waals surface area contributed by atoms with Crippen LogP contribution in [0, 0.1) is 5.92 Å². The van der Waals surface area contributed by atoms with E-state index in [-0.39, 0.29) is 17.7 Å². The van der Waals surface area contributed by atoms with Crippen LogP contribution in [0.4, 0.5) is 5.69 Å². The fourth-order valence-corrected chi connectivity index (χ4v) is 2.80. The van der Waals surface area contributed by atoms with E-state index in [1.54, 1.807) is 12.1 Å². The Bertz CT molecular complexity index is 717. The van der Waals surface area contributed by atoms with Crippen molar-refractivity contribution in [3.05, 3.63) is 66.2 Å². The standard InChI is InChI=1S/C22H29N3O2/c1-17(2)20(24-21(26)18-11-6-4-7-12-18)22(27)23-15-10-16-25(3)19-13-8-5-9-14-19/h4-9,11-14,17,20H,10,15-16H2,1-3H3,(H,23,27)(H,24,26). The molecule has 1 unspecified atom stereocenters. The van der Waals surface area contributed by atoms with Crippen molar-refractivity contribution < 1.29 is 9.59 Å². The van der Waals surface area contributed by atoms with Crippen molar-refractivity contribution in [2.45, 2.75) is 26.3 Å². The molecule has 0 spiro atoms. The molecular formula is C22H29N3O2. The van der Waals surface area contributed by atoms with Gasteiger partial charge in [-0.15, -0.1) is 0 Å². The van der Waals surface area contributed by atoms with E-state index in [2.05, 4.69) is 27.7 Å². The molecular weight excluding hydrogens is 338 g/mol. The molecule has 5 nitrogen and oxygen atoms in total. The topological polar surface area (TPSA) is 61.4 Å². The van der Waals surface area contributed by atoms with Crippen molar-refractivity contribution >= 4 is 17.5 Å². The molecule has 0 aliphatic carbocycles. The van der Waals surface area contributed by atoms with Crippen LogP contribution < -0.4 is 15.5 Å². The van der Waals surface area contributed by atoms with Gasteiger partial charge >= 0.3 is 0 Å². The Kier molecular flexibility index (Phi) is 7.86. The van der Waals surface area contributed by atoms with E-state index in [1.165, 1.54) is 0 Å². The average Bonchev–Trinajstić information content (AvgIpc) is 2.70. The molecule has 5 heteroatoms. The molecule has 2 N–H and O–H groups in total. The maximum Gasteiger partial charge on any atom is 0.251 e. The van der Waals surface area contributed by atoms with Gasteiger partial charge in [0, 0.05) is 31.4 Å². The molecule has 2 aromatic rings. The third-order valence-corrected chi connectivity index (χ3v) is 4.44. The van der Waals surface area contributed by atoms with E-state index in [4.69, 9.17) is 0 Å². The maximum absolute atomic E-state index is 12.5. The van der Waals surface area contributed by atoms with Crippen LogP contribution in [0.25, 0.3) is 0 Å². The summed E-state index contributed by atoms with van der Waals surface area (Å²) in [6.07, 6.45) is 0.828. The highest BCUT2D eigenvalue weighted by Gasteiger charge is 2.24. The number of para-hydroxylation sites is 1. The van der Waals surface area contributed by atoms with Crippen molar-refractivity contribution in [3.63, 3.8) is 0 Å². The lowest BCUT2D eigenvalue weighted by Gasteiger charge is -2.23. The lowest BCUT2D eigenvalue weighted by atomic mass is 10.0. The normalized spacial score (nSPS) is 11.7. The van der Waals surface area contributed by atoms with E-state index >= 15 is 0 Å². The number of nitrogens with one attached hydrogen (secondary N) is 2. The highest BCUT2D eigenvalue weighted by Crippen LogP contribution is 2.11. The quantitative estimate of drug-likeness (QED) is 0.670. The average molecular weight is 367 g/mol. The van der Waals surface area contributed by atoms with Crippen LogP contribution in [0.5, 0.6) is 0 Å². The molecule has 2 rings (SSSR count). The number of rotatable bonds is 9. The summed E-state index contributed by atoms with van der Waals surface area (Å²) in [5, 5.41) is 5.79. The summed E-state index contributed by atoms with van der Waals surface area (Å²) < 4.78 is 0. The molecule has 0 saturated carbocycles. The maximum atomic E-state index is 12.5. The number of nitrogens with zero attached hydrogens (tertiary/aromatic N) is 1. The lowest BCUT2D eigenvalue weighted by molar-refractivity contribution is -0.123. The SMILES string of the molecule is CC(C)C(NC(=O)c1ccccc1)C(=O)NCCCN(C)c1ccccc1. The van der Waals surface area contributed by atoms with Gasteiger partial charge in [-0.3, -0.25) is 9.59 Å². The molecule has 0 aromatic heterocycles. The first-order valence-electron chi connectivity index (χ1n) is 9.39. The Hall–Kier alpha value is -2.82. The highest BCUT2D eigenvalue weighted by atomic mass is 16.2. The van der Waals surface area contributed by atoms with Gasteiger partial charge in [0.15, 0.2) is 0 Å². The first kappa shape index (κ1) is 20.5. The summed E-state index contributed by atoms with van der Waals surface area (Å²) in [4.78, 5) is 27.0. The summed E-state index contributed by atoms with van der Waals surface area (Å²) in [5.74, 6) is -0.366. The first-order chi connectivity index (χ1) is 13.0. The molecule has 2 aromatic carbocycles. The van der Waals surface area contributed by atoms with Gasteiger partial charge in [-0.1, -0.05) is 50.2 Å². The Morgan fingerprint density at radius 3 is 2.15 bits per heavy atom. The highest BCUT2D eigenvalue weighted by molar-refractivity contribution is 5.97. The summed E-state index contributed by atoms with van der Waals surface area (Å²) >= 11 is 0. The lowest BCUT2D eigenvalue weighted by Crippen LogP contribution is -2.50.